The maximum Gasteiger partial charge on any atom is 0.168 e. The van der Waals surface area contributed by atoms with Crippen LogP contribution in [0.2, 0.25) is 0 Å². The standard InChI is InChI=1S/C14H16N2S/c1-10(2)12-8-16-13(9-17-14(16)15-12)11-6-4-3-5-7-11/h3-7,9-10,12H,8H2,1-2H3/t12-/m1/s1. The summed E-state index contributed by atoms with van der Waals surface area (Å²) >= 11 is 1.75. The number of nitrogens with zero attached hydrogens (tertiary/aromatic N) is 2. The first-order chi connectivity index (χ1) is 8.25. The van der Waals surface area contributed by atoms with E-state index in [0.29, 0.717) is 12.0 Å². The Morgan fingerprint density at radius 1 is 1.29 bits per heavy atom. The zero-order valence-electron chi connectivity index (χ0n) is 10.1. The van der Waals surface area contributed by atoms with Gasteiger partial charge in [-0.2, -0.15) is 0 Å². The van der Waals surface area contributed by atoms with Crippen LogP contribution >= 0.6 is 11.8 Å². The van der Waals surface area contributed by atoms with Crippen molar-refractivity contribution in [3.8, 4) is 0 Å². The second-order valence-electron chi connectivity index (χ2n) is 4.82. The third-order valence-electron chi connectivity index (χ3n) is 3.28. The molecule has 0 spiro atoms. The summed E-state index contributed by atoms with van der Waals surface area (Å²) in [5, 5.41) is 3.38. The normalized spacial score (nSPS) is 22.8. The van der Waals surface area contributed by atoms with Crippen molar-refractivity contribution in [2.24, 2.45) is 10.9 Å². The molecule has 0 amide bonds. The van der Waals surface area contributed by atoms with Crippen molar-refractivity contribution in [1.82, 2.24) is 4.90 Å². The number of rotatable bonds is 2. The van der Waals surface area contributed by atoms with Gasteiger partial charge in [-0.25, -0.2) is 0 Å². The van der Waals surface area contributed by atoms with E-state index >= 15 is 0 Å². The number of benzene rings is 1. The summed E-state index contributed by atoms with van der Waals surface area (Å²) in [4.78, 5) is 7.13. The third-order valence-corrected chi connectivity index (χ3v) is 4.16. The molecular formula is C14H16N2S. The average molecular weight is 244 g/mol. The van der Waals surface area contributed by atoms with E-state index in [1.165, 1.54) is 16.4 Å². The molecule has 0 saturated heterocycles. The van der Waals surface area contributed by atoms with E-state index in [9.17, 15) is 0 Å². The Morgan fingerprint density at radius 3 is 2.76 bits per heavy atom. The maximum absolute atomic E-state index is 4.78. The largest absolute Gasteiger partial charge is 0.318 e. The zero-order valence-corrected chi connectivity index (χ0v) is 10.9. The lowest BCUT2D eigenvalue weighted by atomic mass is 10.1. The molecule has 88 valence electrons. The molecule has 0 N–H and O–H groups in total. The van der Waals surface area contributed by atoms with Gasteiger partial charge in [-0.1, -0.05) is 55.9 Å². The van der Waals surface area contributed by atoms with Gasteiger partial charge in [0.25, 0.3) is 0 Å². The minimum Gasteiger partial charge on any atom is -0.318 e. The Bertz CT molecular complexity index is 476. The van der Waals surface area contributed by atoms with Crippen LogP contribution in [0.15, 0.2) is 40.7 Å². The quantitative estimate of drug-likeness (QED) is 0.792. The first kappa shape index (κ1) is 10.9. The van der Waals surface area contributed by atoms with Crippen LogP contribution in [0.4, 0.5) is 0 Å². The lowest BCUT2D eigenvalue weighted by Crippen LogP contribution is -2.25. The Labute approximate surface area is 106 Å². The van der Waals surface area contributed by atoms with Gasteiger partial charge < -0.3 is 4.90 Å². The zero-order chi connectivity index (χ0) is 11.8. The minimum atomic E-state index is 0.449. The number of fused-ring (bicyclic) bond motifs is 1. The number of thioether (sulfide) groups is 1. The van der Waals surface area contributed by atoms with Crippen LogP contribution < -0.4 is 0 Å². The Hall–Kier alpha value is -1.22. The summed E-state index contributed by atoms with van der Waals surface area (Å²) < 4.78 is 0. The smallest absolute Gasteiger partial charge is 0.168 e. The summed E-state index contributed by atoms with van der Waals surface area (Å²) in [6.07, 6.45) is 0. The molecule has 2 nitrogen and oxygen atoms in total. The van der Waals surface area contributed by atoms with E-state index in [2.05, 4.69) is 54.5 Å². The van der Waals surface area contributed by atoms with Crippen LogP contribution in [-0.4, -0.2) is 22.7 Å². The second-order valence-corrected chi connectivity index (χ2v) is 5.66. The molecule has 1 aromatic carbocycles. The number of hydrogen-bond donors (Lipinski definition) is 0. The molecule has 17 heavy (non-hydrogen) atoms. The van der Waals surface area contributed by atoms with E-state index in [1.54, 1.807) is 11.8 Å². The van der Waals surface area contributed by atoms with Crippen molar-refractivity contribution < 1.29 is 0 Å². The lowest BCUT2D eigenvalue weighted by Gasteiger charge is -2.19. The minimum absolute atomic E-state index is 0.449. The van der Waals surface area contributed by atoms with Gasteiger partial charge in [0.05, 0.1) is 11.7 Å². The van der Waals surface area contributed by atoms with Crippen molar-refractivity contribution in [3.63, 3.8) is 0 Å². The molecule has 0 saturated carbocycles. The van der Waals surface area contributed by atoms with Crippen LogP contribution in [0.5, 0.6) is 0 Å². The Balaban J connectivity index is 1.86. The van der Waals surface area contributed by atoms with E-state index < -0.39 is 0 Å². The van der Waals surface area contributed by atoms with Crippen molar-refractivity contribution in [2.45, 2.75) is 19.9 Å². The molecule has 3 heteroatoms. The predicted molar refractivity (Wildman–Crippen MR) is 74.8 cm³/mol. The molecule has 0 aromatic heterocycles. The van der Waals surface area contributed by atoms with Gasteiger partial charge in [0.15, 0.2) is 5.17 Å². The van der Waals surface area contributed by atoms with Gasteiger partial charge in [-0.05, 0) is 11.5 Å². The first-order valence-electron chi connectivity index (χ1n) is 6.03. The molecule has 1 atom stereocenters. The topological polar surface area (TPSA) is 15.6 Å². The molecule has 2 aliphatic heterocycles. The first-order valence-corrected chi connectivity index (χ1v) is 6.91. The van der Waals surface area contributed by atoms with Gasteiger partial charge in [-0.15, -0.1) is 0 Å². The SMILES string of the molecule is CC(C)[C@H]1CN2C(c3ccccc3)=CSC2=N1. The fourth-order valence-electron chi connectivity index (χ4n) is 2.18. The van der Waals surface area contributed by atoms with Gasteiger partial charge in [0.1, 0.15) is 0 Å². The molecule has 2 aliphatic rings. The van der Waals surface area contributed by atoms with Crippen LogP contribution in [0.25, 0.3) is 5.70 Å². The molecule has 2 heterocycles. The molecule has 1 aromatic rings. The van der Waals surface area contributed by atoms with E-state index in [0.717, 1.165) is 6.54 Å². The van der Waals surface area contributed by atoms with Gasteiger partial charge in [0, 0.05) is 12.0 Å². The molecule has 0 unspecified atom stereocenters. The van der Waals surface area contributed by atoms with Crippen LogP contribution in [0.1, 0.15) is 19.4 Å². The summed E-state index contributed by atoms with van der Waals surface area (Å²) in [5.74, 6) is 0.616. The molecule has 0 bridgehead atoms. The summed E-state index contributed by atoms with van der Waals surface area (Å²) in [6, 6.07) is 11.0. The van der Waals surface area contributed by atoms with Gasteiger partial charge in [-0.3, -0.25) is 4.99 Å². The highest BCUT2D eigenvalue weighted by Crippen LogP contribution is 2.37. The highest BCUT2D eigenvalue weighted by molar-refractivity contribution is 8.16. The Kier molecular flexibility index (Phi) is 2.71. The molecule has 3 rings (SSSR count). The van der Waals surface area contributed by atoms with Gasteiger partial charge in [0.2, 0.25) is 0 Å². The maximum atomic E-state index is 4.78. The summed E-state index contributed by atoms with van der Waals surface area (Å²) in [5.41, 5.74) is 2.59. The molecule has 0 aliphatic carbocycles. The number of amidine groups is 1. The molecule has 0 fully saturated rings. The fraction of sp³-hybridized carbons (Fsp3) is 0.357. The van der Waals surface area contributed by atoms with Crippen molar-refractivity contribution in [2.75, 3.05) is 6.54 Å². The fourth-order valence-corrected chi connectivity index (χ4v) is 3.15. The molecule has 0 radical (unpaired) electrons. The Morgan fingerprint density at radius 2 is 2.06 bits per heavy atom. The van der Waals surface area contributed by atoms with E-state index in [4.69, 9.17) is 4.99 Å². The predicted octanol–water partition coefficient (Wildman–Crippen LogP) is 3.43. The second kappa shape index (κ2) is 4.22. The van der Waals surface area contributed by atoms with Crippen molar-refractivity contribution in [1.29, 1.82) is 0 Å². The monoisotopic (exact) mass is 244 g/mol. The lowest BCUT2D eigenvalue weighted by molar-refractivity contribution is 0.457. The molecular weight excluding hydrogens is 228 g/mol. The third kappa shape index (κ3) is 1.89. The highest BCUT2D eigenvalue weighted by atomic mass is 32.2. The highest BCUT2D eigenvalue weighted by Gasteiger charge is 2.33. The average Bonchev–Trinajstić information content (AvgIpc) is 2.89. The van der Waals surface area contributed by atoms with E-state index in [1.807, 2.05) is 0 Å². The van der Waals surface area contributed by atoms with Crippen LogP contribution in [-0.2, 0) is 0 Å². The summed E-state index contributed by atoms with van der Waals surface area (Å²) in [7, 11) is 0. The number of aliphatic imine (C=N–C) groups is 1. The number of hydrogen-bond acceptors (Lipinski definition) is 3. The van der Waals surface area contributed by atoms with E-state index in [-0.39, 0.29) is 0 Å². The van der Waals surface area contributed by atoms with Crippen molar-refractivity contribution >= 4 is 22.6 Å². The van der Waals surface area contributed by atoms with Crippen LogP contribution in [0.3, 0.4) is 0 Å². The van der Waals surface area contributed by atoms with Crippen LogP contribution in [0, 0.1) is 5.92 Å². The summed E-state index contributed by atoms with van der Waals surface area (Å²) in [6.45, 7) is 5.52. The van der Waals surface area contributed by atoms with Gasteiger partial charge >= 0.3 is 0 Å². The van der Waals surface area contributed by atoms with Crippen molar-refractivity contribution in [3.05, 3.63) is 41.3 Å².